The SMILES string of the molecule is CCNC(=O)C(c1cc(C(F)(F)F)cc(C(F)(F)F)c1)(c1ccccc1OC)N1CCN(C2CCCCC2)CC1. The molecule has 1 N–H and O–H groups in total. The summed E-state index contributed by atoms with van der Waals surface area (Å²) in [6.07, 6.45) is -4.60. The number of halogens is 6. The summed E-state index contributed by atoms with van der Waals surface area (Å²) in [6, 6.07) is 8.15. The van der Waals surface area contributed by atoms with E-state index < -0.39 is 40.5 Å². The fraction of sp³-hybridized carbons (Fsp3) is 0.552. The number of likely N-dealkylation sites (N-methyl/N-ethyl adjacent to an activating group) is 1. The predicted molar refractivity (Wildman–Crippen MR) is 139 cm³/mol. The quantitative estimate of drug-likeness (QED) is 0.411. The molecule has 11 heteroatoms. The van der Waals surface area contributed by atoms with Gasteiger partial charge in [-0.25, -0.2) is 0 Å². The number of hydrogen-bond donors (Lipinski definition) is 1. The van der Waals surface area contributed by atoms with Crippen LogP contribution in [0.15, 0.2) is 42.5 Å². The van der Waals surface area contributed by atoms with E-state index in [9.17, 15) is 31.1 Å². The van der Waals surface area contributed by atoms with Crippen LogP contribution in [0.3, 0.4) is 0 Å². The molecule has 0 bridgehead atoms. The van der Waals surface area contributed by atoms with Crippen molar-refractivity contribution in [1.82, 2.24) is 15.1 Å². The molecule has 40 heavy (non-hydrogen) atoms. The molecule has 1 atom stereocenters. The van der Waals surface area contributed by atoms with Gasteiger partial charge in [0, 0.05) is 44.3 Å². The molecule has 2 aromatic rings. The van der Waals surface area contributed by atoms with Crippen molar-refractivity contribution in [3.05, 3.63) is 64.7 Å². The van der Waals surface area contributed by atoms with Gasteiger partial charge in [0.15, 0.2) is 5.54 Å². The second kappa shape index (κ2) is 12.0. The first-order valence-electron chi connectivity index (χ1n) is 13.6. The van der Waals surface area contributed by atoms with Gasteiger partial charge in [0.05, 0.1) is 18.2 Å². The van der Waals surface area contributed by atoms with Crippen LogP contribution in [0.4, 0.5) is 26.3 Å². The Labute approximate surface area is 230 Å². The molecule has 1 aliphatic carbocycles. The van der Waals surface area contributed by atoms with Gasteiger partial charge >= 0.3 is 12.4 Å². The smallest absolute Gasteiger partial charge is 0.416 e. The highest BCUT2D eigenvalue weighted by molar-refractivity contribution is 5.92. The molecule has 5 nitrogen and oxygen atoms in total. The highest BCUT2D eigenvalue weighted by Gasteiger charge is 2.51. The fourth-order valence-electron chi connectivity index (χ4n) is 6.17. The second-order valence-corrected chi connectivity index (χ2v) is 10.4. The number of carbonyl (C=O) groups excluding carboxylic acids is 1. The van der Waals surface area contributed by atoms with Gasteiger partial charge in [-0.1, -0.05) is 37.5 Å². The molecule has 0 spiro atoms. The minimum Gasteiger partial charge on any atom is -0.496 e. The lowest BCUT2D eigenvalue weighted by atomic mass is 9.77. The molecule has 1 saturated heterocycles. The van der Waals surface area contributed by atoms with Crippen LogP contribution in [0.5, 0.6) is 5.75 Å². The fourth-order valence-corrected chi connectivity index (χ4v) is 6.17. The molecule has 2 fully saturated rings. The number of piperazine rings is 1. The summed E-state index contributed by atoms with van der Waals surface area (Å²) >= 11 is 0. The Bertz CT molecular complexity index is 1140. The zero-order valence-electron chi connectivity index (χ0n) is 22.7. The van der Waals surface area contributed by atoms with Crippen LogP contribution in [-0.4, -0.2) is 61.6 Å². The van der Waals surface area contributed by atoms with Crippen LogP contribution >= 0.6 is 0 Å². The molecule has 1 saturated carbocycles. The molecule has 1 unspecified atom stereocenters. The summed E-state index contributed by atoms with van der Waals surface area (Å²) in [6.45, 7) is 3.38. The van der Waals surface area contributed by atoms with Crippen molar-refractivity contribution in [2.45, 2.75) is 63.0 Å². The molecule has 2 aromatic carbocycles. The van der Waals surface area contributed by atoms with Gasteiger partial charge in [-0.3, -0.25) is 14.6 Å². The van der Waals surface area contributed by atoms with E-state index in [4.69, 9.17) is 4.74 Å². The minimum absolute atomic E-state index is 0.0925. The van der Waals surface area contributed by atoms with Crippen LogP contribution in [0, 0.1) is 0 Å². The van der Waals surface area contributed by atoms with E-state index in [1.807, 2.05) is 0 Å². The number of methoxy groups -OCH3 is 1. The number of para-hydroxylation sites is 1. The number of alkyl halides is 6. The normalized spacial score (nSPS) is 19.7. The summed E-state index contributed by atoms with van der Waals surface area (Å²) in [4.78, 5) is 18.2. The first kappa shape index (κ1) is 30.2. The minimum atomic E-state index is -5.07. The number of rotatable bonds is 7. The van der Waals surface area contributed by atoms with E-state index in [0.717, 1.165) is 25.7 Å². The van der Waals surface area contributed by atoms with Gasteiger partial charge < -0.3 is 10.1 Å². The van der Waals surface area contributed by atoms with Crippen LogP contribution in [0.2, 0.25) is 0 Å². The van der Waals surface area contributed by atoms with Crippen molar-refractivity contribution in [3.8, 4) is 5.75 Å². The Balaban J connectivity index is 1.95. The van der Waals surface area contributed by atoms with Crippen molar-refractivity contribution in [3.63, 3.8) is 0 Å². The molecular weight excluding hydrogens is 536 g/mol. The van der Waals surface area contributed by atoms with Crippen LogP contribution < -0.4 is 10.1 Å². The highest BCUT2D eigenvalue weighted by Crippen LogP contribution is 2.46. The number of hydrogen-bond acceptors (Lipinski definition) is 4. The monoisotopic (exact) mass is 571 g/mol. The third-order valence-corrected chi connectivity index (χ3v) is 8.05. The average Bonchev–Trinajstić information content (AvgIpc) is 2.94. The molecule has 0 aromatic heterocycles. The van der Waals surface area contributed by atoms with E-state index in [1.54, 1.807) is 30.0 Å². The van der Waals surface area contributed by atoms with E-state index >= 15 is 0 Å². The van der Waals surface area contributed by atoms with Crippen LogP contribution in [0.1, 0.15) is 61.3 Å². The summed E-state index contributed by atoms with van der Waals surface area (Å²) in [5.41, 5.74) is -5.18. The average molecular weight is 572 g/mol. The lowest BCUT2D eigenvalue weighted by molar-refractivity contribution is -0.144. The predicted octanol–water partition coefficient (Wildman–Crippen LogP) is 6.06. The zero-order valence-corrected chi connectivity index (χ0v) is 22.7. The first-order valence-corrected chi connectivity index (χ1v) is 13.6. The summed E-state index contributed by atoms with van der Waals surface area (Å²) in [5.74, 6) is -0.521. The van der Waals surface area contributed by atoms with E-state index in [1.165, 1.54) is 19.6 Å². The second-order valence-electron chi connectivity index (χ2n) is 10.4. The highest BCUT2D eigenvalue weighted by atomic mass is 19.4. The first-order chi connectivity index (χ1) is 18.9. The van der Waals surface area contributed by atoms with Crippen LogP contribution in [0.25, 0.3) is 0 Å². The molecule has 1 heterocycles. The maximum atomic E-state index is 14.2. The Morgan fingerprint density at radius 2 is 1.43 bits per heavy atom. The van der Waals surface area contributed by atoms with Crippen molar-refractivity contribution in [1.29, 1.82) is 0 Å². The number of amides is 1. The molecular formula is C29H35F6N3O2. The van der Waals surface area contributed by atoms with Crippen LogP contribution in [-0.2, 0) is 22.7 Å². The topological polar surface area (TPSA) is 44.8 Å². The van der Waals surface area contributed by atoms with Gasteiger partial charge in [-0.2, -0.15) is 26.3 Å². The standard InChI is InChI=1S/C29H35F6N3O2/c1-3-36-26(39)27(24-11-7-8-12-25(24)40-2,38-15-13-37(14-16-38)23-9-5-4-6-10-23)20-17-21(28(30,31)32)19-22(18-20)29(33,34)35/h7-8,11-12,17-19,23H,3-6,9-10,13-16H2,1-2H3,(H,36,39). The Kier molecular flexibility index (Phi) is 9.04. The van der Waals surface area contributed by atoms with Crippen molar-refractivity contribution < 1.29 is 35.9 Å². The van der Waals surface area contributed by atoms with Crippen molar-refractivity contribution in [2.24, 2.45) is 0 Å². The van der Waals surface area contributed by atoms with Gasteiger partial charge in [0.1, 0.15) is 5.75 Å². The third kappa shape index (κ3) is 5.95. The largest absolute Gasteiger partial charge is 0.496 e. The number of ether oxygens (including phenoxy) is 1. The summed E-state index contributed by atoms with van der Waals surface area (Å²) in [7, 11) is 1.36. The summed E-state index contributed by atoms with van der Waals surface area (Å²) in [5, 5.41) is 2.71. The molecule has 220 valence electrons. The molecule has 1 aliphatic heterocycles. The van der Waals surface area contributed by atoms with Gasteiger partial charge in [-0.05, 0) is 49.6 Å². The lowest BCUT2D eigenvalue weighted by Gasteiger charge is -2.49. The molecule has 0 radical (unpaired) electrons. The Morgan fingerprint density at radius 1 is 0.875 bits per heavy atom. The van der Waals surface area contributed by atoms with Gasteiger partial charge in [0.25, 0.3) is 0 Å². The Morgan fingerprint density at radius 3 is 1.95 bits per heavy atom. The van der Waals surface area contributed by atoms with Gasteiger partial charge in [0.2, 0.25) is 5.91 Å². The maximum Gasteiger partial charge on any atom is 0.416 e. The zero-order chi connectivity index (χ0) is 29.1. The molecule has 4 rings (SSSR count). The van der Waals surface area contributed by atoms with Crippen molar-refractivity contribution in [2.75, 3.05) is 39.8 Å². The molecule has 2 aliphatic rings. The van der Waals surface area contributed by atoms with Crippen molar-refractivity contribution >= 4 is 5.91 Å². The Hall–Kier alpha value is -2.79. The molecule has 1 amide bonds. The number of benzene rings is 2. The third-order valence-electron chi connectivity index (χ3n) is 8.05. The maximum absolute atomic E-state index is 14.2. The van der Waals surface area contributed by atoms with E-state index in [2.05, 4.69) is 10.2 Å². The number of nitrogens with one attached hydrogen (secondary N) is 1. The number of carbonyl (C=O) groups is 1. The summed E-state index contributed by atoms with van der Waals surface area (Å²) < 4.78 is 89.6. The van der Waals surface area contributed by atoms with E-state index in [0.29, 0.717) is 31.3 Å². The van der Waals surface area contributed by atoms with E-state index in [-0.39, 0.29) is 37.0 Å². The number of nitrogens with zero attached hydrogens (tertiary/aromatic N) is 2. The van der Waals surface area contributed by atoms with Gasteiger partial charge in [-0.15, -0.1) is 0 Å². The lowest BCUT2D eigenvalue weighted by Crippen LogP contribution is -2.63.